The van der Waals surface area contributed by atoms with Gasteiger partial charge in [-0.05, 0) is 17.5 Å². The molecule has 0 unspecified atom stereocenters. The molecule has 0 amide bonds. The number of nitrogens with one attached hydrogen (secondary N) is 2. The average molecular weight is 350 g/mol. The fraction of sp³-hybridized carbons (Fsp3) is 0.0526. The maximum absolute atomic E-state index is 11.3. The topological polar surface area (TPSA) is 119 Å². The predicted molar refractivity (Wildman–Crippen MR) is 96.1 cm³/mol. The van der Waals surface area contributed by atoms with Crippen LogP contribution in [0.4, 0.5) is 11.4 Å². The van der Waals surface area contributed by atoms with E-state index in [0.717, 1.165) is 22.1 Å². The standard InChI is InChI=1S/C19H14N2O5/c22-7-10-16(24)11(8-23)18(26)15(17(10)25)19-20-12-5-1-3-9-4-2-6-13(21-19)14(9)12/h1-8,19-21,24-26H. The molecule has 7 heteroatoms. The number of aldehydes is 2. The van der Waals surface area contributed by atoms with Gasteiger partial charge in [0, 0.05) is 16.8 Å². The number of aromatic hydroxyl groups is 3. The van der Waals surface area contributed by atoms with Crippen molar-refractivity contribution in [2.24, 2.45) is 0 Å². The fourth-order valence-corrected chi connectivity index (χ4v) is 3.34. The molecule has 0 aliphatic carbocycles. The van der Waals surface area contributed by atoms with E-state index in [1.54, 1.807) is 0 Å². The Morgan fingerprint density at radius 1 is 0.769 bits per heavy atom. The fourth-order valence-electron chi connectivity index (χ4n) is 3.34. The molecule has 0 saturated heterocycles. The summed E-state index contributed by atoms with van der Waals surface area (Å²) >= 11 is 0. The lowest BCUT2D eigenvalue weighted by atomic mass is 9.97. The third kappa shape index (κ3) is 2.07. The molecule has 3 aromatic carbocycles. The number of hydrogen-bond acceptors (Lipinski definition) is 7. The number of phenols is 3. The van der Waals surface area contributed by atoms with Gasteiger partial charge >= 0.3 is 0 Å². The van der Waals surface area contributed by atoms with Crippen LogP contribution in [0.5, 0.6) is 17.2 Å². The molecule has 1 aliphatic rings. The van der Waals surface area contributed by atoms with Crippen molar-refractivity contribution in [3.8, 4) is 17.2 Å². The Bertz CT molecular complexity index is 1000. The van der Waals surface area contributed by atoms with Crippen molar-refractivity contribution in [1.29, 1.82) is 0 Å². The summed E-state index contributed by atoms with van der Waals surface area (Å²) in [4.78, 5) is 22.5. The predicted octanol–water partition coefficient (Wildman–Crippen LogP) is 3.12. The number of hydrogen-bond donors (Lipinski definition) is 5. The smallest absolute Gasteiger partial charge is 0.157 e. The molecule has 5 N–H and O–H groups in total. The second-order valence-corrected chi connectivity index (χ2v) is 5.95. The first-order valence-electron chi connectivity index (χ1n) is 7.82. The van der Waals surface area contributed by atoms with Crippen LogP contribution in [-0.2, 0) is 0 Å². The highest BCUT2D eigenvalue weighted by Gasteiger charge is 2.30. The molecule has 130 valence electrons. The Morgan fingerprint density at radius 3 is 1.73 bits per heavy atom. The molecule has 1 heterocycles. The summed E-state index contributed by atoms with van der Waals surface area (Å²) in [5.74, 6) is -1.96. The molecule has 7 nitrogen and oxygen atoms in total. The SMILES string of the molecule is O=Cc1c(O)c(C=O)c(O)c(C2Nc3cccc4cccc(c34)N2)c1O. The van der Waals surface area contributed by atoms with Gasteiger partial charge < -0.3 is 26.0 Å². The van der Waals surface area contributed by atoms with Gasteiger partial charge in [0.15, 0.2) is 12.6 Å². The first kappa shape index (κ1) is 15.8. The van der Waals surface area contributed by atoms with Gasteiger partial charge in [-0.1, -0.05) is 24.3 Å². The summed E-state index contributed by atoms with van der Waals surface area (Å²) in [5, 5.41) is 39.0. The third-order valence-electron chi connectivity index (χ3n) is 4.56. The zero-order valence-electron chi connectivity index (χ0n) is 13.4. The minimum absolute atomic E-state index is 0.0986. The molecule has 1 aliphatic heterocycles. The van der Waals surface area contributed by atoms with Gasteiger partial charge in [0.05, 0.1) is 16.7 Å². The maximum atomic E-state index is 11.3. The molecule has 0 saturated carbocycles. The second kappa shape index (κ2) is 5.66. The zero-order valence-corrected chi connectivity index (χ0v) is 13.4. The molecule has 0 fully saturated rings. The Balaban J connectivity index is 1.93. The van der Waals surface area contributed by atoms with Crippen LogP contribution in [-0.4, -0.2) is 27.9 Å². The Morgan fingerprint density at radius 2 is 1.27 bits per heavy atom. The summed E-state index contributed by atoms with van der Waals surface area (Å²) in [6.45, 7) is 0. The van der Waals surface area contributed by atoms with Crippen LogP contribution < -0.4 is 10.6 Å². The Kier molecular flexibility index (Phi) is 3.43. The number of rotatable bonds is 3. The van der Waals surface area contributed by atoms with E-state index in [4.69, 9.17) is 0 Å². The first-order chi connectivity index (χ1) is 12.6. The molecule has 0 radical (unpaired) electrons. The zero-order chi connectivity index (χ0) is 18.4. The van der Waals surface area contributed by atoms with Crippen molar-refractivity contribution < 1.29 is 24.9 Å². The van der Waals surface area contributed by atoms with Crippen molar-refractivity contribution in [2.75, 3.05) is 10.6 Å². The minimum atomic E-state index is -0.825. The number of carbonyl (C=O) groups excluding carboxylic acids is 2. The monoisotopic (exact) mass is 350 g/mol. The van der Waals surface area contributed by atoms with Gasteiger partial charge in [0.2, 0.25) is 0 Å². The van der Waals surface area contributed by atoms with Crippen LogP contribution in [0.2, 0.25) is 0 Å². The largest absolute Gasteiger partial charge is 0.506 e. The summed E-state index contributed by atoms with van der Waals surface area (Å²) in [7, 11) is 0. The van der Waals surface area contributed by atoms with E-state index < -0.39 is 34.5 Å². The van der Waals surface area contributed by atoms with Crippen LogP contribution in [0.1, 0.15) is 32.4 Å². The van der Waals surface area contributed by atoms with Crippen molar-refractivity contribution >= 4 is 34.7 Å². The van der Waals surface area contributed by atoms with E-state index in [0.29, 0.717) is 0 Å². The molecular weight excluding hydrogens is 336 g/mol. The van der Waals surface area contributed by atoms with Gasteiger partial charge in [-0.2, -0.15) is 0 Å². The molecule has 4 rings (SSSR count). The average Bonchev–Trinajstić information content (AvgIpc) is 2.63. The summed E-state index contributed by atoms with van der Waals surface area (Å²) in [5.41, 5.74) is 0.503. The quantitative estimate of drug-likeness (QED) is 0.460. The molecule has 0 spiro atoms. The van der Waals surface area contributed by atoms with Gasteiger partial charge in [0.1, 0.15) is 23.4 Å². The van der Waals surface area contributed by atoms with Crippen LogP contribution in [0.3, 0.4) is 0 Å². The number of phenolic OH excluding ortho intramolecular Hbond substituents is 3. The number of anilines is 2. The Labute approximate surface area is 147 Å². The lowest BCUT2D eigenvalue weighted by Crippen LogP contribution is -2.24. The maximum Gasteiger partial charge on any atom is 0.157 e. The van der Waals surface area contributed by atoms with E-state index >= 15 is 0 Å². The Hall–Kier alpha value is -3.74. The summed E-state index contributed by atoms with van der Waals surface area (Å²) in [6.07, 6.45) is -0.357. The van der Waals surface area contributed by atoms with Crippen LogP contribution in [0, 0.1) is 0 Å². The van der Waals surface area contributed by atoms with E-state index in [1.807, 2.05) is 36.4 Å². The van der Waals surface area contributed by atoms with Gasteiger partial charge in [0.25, 0.3) is 0 Å². The van der Waals surface area contributed by atoms with Crippen LogP contribution in [0.25, 0.3) is 10.8 Å². The molecule has 0 bridgehead atoms. The van der Waals surface area contributed by atoms with Crippen molar-refractivity contribution in [1.82, 2.24) is 0 Å². The van der Waals surface area contributed by atoms with Crippen LogP contribution >= 0.6 is 0 Å². The number of benzene rings is 3. The van der Waals surface area contributed by atoms with Crippen molar-refractivity contribution in [3.63, 3.8) is 0 Å². The summed E-state index contributed by atoms with van der Waals surface area (Å²) in [6, 6.07) is 11.3. The van der Waals surface area contributed by atoms with Crippen molar-refractivity contribution in [2.45, 2.75) is 6.17 Å². The van der Waals surface area contributed by atoms with Gasteiger partial charge in [-0.25, -0.2) is 0 Å². The van der Waals surface area contributed by atoms with E-state index in [-0.39, 0.29) is 18.1 Å². The minimum Gasteiger partial charge on any atom is -0.506 e. The molecule has 0 aromatic heterocycles. The second-order valence-electron chi connectivity index (χ2n) is 5.95. The van der Waals surface area contributed by atoms with Gasteiger partial charge in [-0.3, -0.25) is 9.59 Å². The van der Waals surface area contributed by atoms with Crippen LogP contribution in [0.15, 0.2) is 36.4 Å². The molecule has 26 heavy (non-hydrogen) atoms. The highest BCUT2D eigenvalue weighted by molar-refractivity contribution is 6.05. The number of carbonyl (C=O) groups is 2. The van der Waals surface area contributed by atoms with Gasteiger partial charge in [-0.15, -0.1) is 0 Å². The van der Waals surface area contributed by atoms with Crippen molar-refractivity contribution in [3.05, 3.63) is 53.1 Å². The molecule has 0 atom stereocenters. The lowest BCUT2D eigenvalue weighted by molar-refractivity contribution is 0.111. The van der Waals surface area contributed by atoms with E-state index in [9.17, 15) is 24.9 Å². The normalized spacial score (nSPS) is 13.1. The van der Waals surface area contributed by atoms with E-state index in [1.165, 1.54) is 0 Å². The first-order valence-corrected chi connectivity index (χ1v) is 7.82. The lowest BCUT2D eigenvalue weighted by Gasteiger charge is -2.31. The highest BCUT2D eigenvalue weighted by atomic mass is 16.3. The highest BCUT2D eigenvalue weighted by Crippen LogP contribution is 2.47. The molecular formula is C19H14N2O5. The third-order valence-corrected chi connectivity index (χ3v) is 4.56. The molecule has 3 aromatic rings. The summed E-state index contributed by atoms with van der Waals surface area (Å²) < 4.78 is 0. The van der Waals surface area contributed by atoms with E-state index in [2.05, 4.69) is 10.6 Å².